The third-order valence-electron chi connectivity index (χ3n) is 5.20. The average molecular weight is 340 g/mol. The highest BCUT2D eigenvalue weighted by Gasteiger charge is 2.28. The first-order valence-electron chi connectivity index (χ1n) is 9.15. The Kier molecular flexibility index (Phi) is 3.52. The minimum Gasteiger partial charge on any atom is -0.374 e. The second-order valence-corrected chi connectivity index (χ2v) is 7.08. The molecule has 128 valence electrons. The van der Waals surface area contributed by atoms with Gasteiger partial charge in [0.15, 0.2) is 0 Å². The fourth-order valence-electron chi connectivity index (χ4n) is 3.69. The zero-order valence-electron chi connectivity index (χ0n) is 14.4. The molecule has 0 aliphatic heterocycles. The Balaban J connectivity index is 1.41. The highest BCUT2D eigenvalue weighted by atomic mass is 16.1. The zero-order chi connectivity index (χ0) is 17.5. The van der Waals surface area contributed by atoms with Crippen LogP contribution in [0.3, 0.4) is 0 Å². The van der Waals surface area contributed by atoms with E-state index in [0.29, 0.717) is 6.04 Å². The average Bonchev–Trinajstić information content (AvgIpc) is 3.45. The molecule has 0 radical (unpaired) electrons. The number of rotatable bonds is 4. The Labute approximate surface area is 153 Å². The Bertz CT molecular complexity index is 928. The van der Waals surface area contributed by atoms with Crippen molar-refractivity contribution in [1.82, 2.24) is 5.32 Å². The second-order valence-electron chi connectivity index (χ2n) is 7.08. The smallest absolute Gasteiger partial charge is 0.251 e. The van der Waals surface area contributed by atoms with E-state index in [1.54, 1.807) is 0 Å². The molecule has 3 aromatic rings. The van der Waals surface area contributed by atoms with Crippen LogP contribution in [0.25, 0.3) is 11.1 Å². The maximum absolute atomic E-state index is 12.1. The van der Waals surface area contributed by atoms with Crippen LogP contribution in [0, 0.1) is 0 Å². The molecule has 1 fully saturated rings. The third-order valence-corrected chi connectivity index (χ3v) is 5.20. The van der Waals surface area contributed by atoms with E-state index in [1.807, 2.05) is 24.3 Å². The van der Waals surface area contributed by atoms with Crippen LogP contribution in [-0.4, -0.2) is 11.9 Å². The van der Waals surface area contributed by atoms with Crippen molar-refractivity contribution in [2.24, 2.45) is 0 Å². The molecule has 1 saturated carbocycles. The molecule has 2 aliphatic carbocycles. The van der Waals surface area contributed by atoms with Crippen LogP contribution in [0.15, 0.2) is 72.8 Å². The number of hydrogen-bond acceptors (Lipinski definition) is 2. The number of benzene rings is 3. The summed E-state index contributed by atoms with van der Waals surface area (Å²) < 4.78 is 0. The van der Waals surface area contributed by atoms with Crippen LogP contribution in [-0.2, 0) is 0 Å². The molecular weight excluding hydrogens is 320 g/mol. The lowest BCUT2D eigenvalue weighted by molar-refractivity contribution is 0.0951. The number of fused-ring (bicyclic) bond motifs is 3. The molecule has 3 heteroatoms. The van der Waals surface area contributed by atoms with Crippen LogP contribution >= 0.6 is 0 Å². The molecule has 2 aliphatic rings. The summed E-state index contributed by atoms with van der Waals surface area (Å²) in [5.74, 6) is 0.0237. The van der Waals surface area contributed by atoms with E-state index >= 15 is 0 Å². The molecule has 1 amide bonds. The van der Waals surface area contributed by atoms with Crippen molar-refractivity contribution in [3.05, 3.63) is 89.5 Å². The van der Waals surface area contributed by atoms with Gasteiger partial charge in [0.25, 0.3) is 5.91 Å². The van der Waals surface area contributed by atoms with Crippen molar-refractivity contribution in [3.8, 4) is 11.1 Å². The fraction of sp³-hybridized carbons (Fsp3) is 0.174. The lowest BCUT2D eigenvalue weighted by Gasteiger charge is -2.17. The number of amides is 1. The molecule has 0 saturated heterocycles. The van der Waals surface area contributed by atoms with Gasteiger partial charge in [-0.15, -0.1) is 0 Å². The van der Waals surface area contributed by atoms with Gasteiger partial charge in [0.2, 0.25) is 0 Å². The topological polar surface area (TPSA) is 41.1 Å². The van der Waals surface area contributed by atoms with E-state index in [0.717, 1.165) is 24.1 Å². The van der Waals surface area contributed by atoms with Gasteiger partial charge in [-0.1, -0.05) is 48.5 Å². The van der Waals surface area contributed by atoms with Gasteiger partial charge in [0.1, 0.15) is 0 Å². The highest BCUT2D eigenvalue weighted by Crippen LogP contribution is 2.44. The zero-order valence-corrected chi connectivity index (χ0v) is 14.4. The van der Waals surface area contributed by atoms with Gasteiger partial charge < -0.3 is 10.6 Å². The first kappa shape index (κ1) is 15.2. The Morgan fingerprint density at radius 2 is 1.35 bits per heavy atom. The van der Waals surface area contributed by atoms with E-state index in [1.165, 1.54) is 22.3 Å². The quantitative estimate of drug-likeness (QED) is 0.719. The van der Waals surface area contributed by atoms with Crippen LogP contribution in [0.1, 0.15) is 40.4 Å². The van der Waals surface area contributed by atoms with Gasteiger partial charge in [-0.25, -0.2) is 0 Å². The Morgan fingerprint density at radius 1 is 0.769 bits per heavy atom. The van der Waals surface area contributed by atoms with E-state index in [-0.39, 0.29) is 11.9 Å². The second kappa shape index (κ2) is 6.03. The lowest BCUT2D eigenvalue weighted by atomic mass is 10.0. The molecule has 5 rings (SSSR count). The van der Waals surface area contributed by atoms with E-state index < -0.39 is 0 Å². The Hall–Kier alpha value is -3.07. The number of hydrogen-bond donors (Lipinski definition) is 2. The summed E-state index contributed by atoms with van der Waals surface area (Å²) >= 11 is 0. The van der Waals surface area contributed by atoms with Crippen LogP contribution in [0.5, 0.6) is 0 Å². The van der Waals surface area contributed by atoms with Gasteiger partial charge in [0, 0.05) is 17.3 Å². The predicted octanol–water partition coefficient (Wildman–Crippen LogP) is 4.76. The highest BCUT2D eigenvalue weighted by molar-refractivity contribution is 5.95. The van der Waals surface area contributed by atoms with Gasteiger partial charge in [-0.3, -0.25) is 4.79 Å². The number of carbonyl (C=O) groups excluding carboxylic acids is 1. The van der Waals surface area contributed by atoms with Crippen LogP contribution in [0.4, 0.5) is 5.69 Å². The summed E-state index contributed by atoms with van der Waals surface area (Å²) in [6.07, 6.45) is 2.21. The van der Waals surface area contributed by atoms with E-state index in [4.69, 9.17) is 0 Å². The minimum atomic E-state index is 0.0237. The Morgan fingerprint density at radius 3 is 1.92 bits per heavy atom. The van der Waals surface area contributed by atoms with E-state index in [9.17, 15) is 4.79 Å². The molecule has 0 bridgehead atoms. The van der Waals surface area contributed by atoms with Gasteiger partial charge in [-0.05, 0) is 59.4 Å². The molecule has 0 aromatic heterocycles. The number of nitrogens with one attached hydrogen (secondary N) is 2. The van der Waals surface area contributed by atoms with Crippen molar-refractivity contribution in [3.63, 3.8) is 0 Å². The standard InChI is InChI=1S/C23H20N2O/c26-23(25-17-13-14-17)15-9-11-16(12-10-15)24-22-20-7-3-1-5-18(20)19-6-2-4-8-21(19)22/h1-12,17,22,24H,13-14H2,(H,25,26). The first-order chi connectivity index (χ1) is 12.8. The van der Waals surface area contributed by atoms with Crippen molar-refractivity contribution < 1.29 is 4.79 Å². The third kappa shape index (κ3) is 2.66. The molecule has 0 spiro atoms. The van der Waals surface area contributed by atoms with Gasteiger partial charge in [-0.2, -0.15) is 0 Å². The summed E-state index contributed by atoms with van der Waals surface area (Å²) in [5.41, 5.74) is 6.91. The summed E-state index contributed by atoms with van der Waals surface area (Å²) in [7, 11) is 0. The molecule has 3 nitrogen and oxygen atoms in total. The monoisotopic (exact) mass is 340 g/mol. The molecule has 0 heterocycles. The maximum Gasteiger partial charge on any atom is 0.251 e. The van der Waals surface area contributed by atoms with Gasteiger partial charge >= 0.3 is 0 Å². The van der Waals surface area contributed by atoms with Crippen molar-refractivity contribution in [1.29, 1.82) is 0 Å². The first-order valence-corrected chi connectivity index (χ1v) is 9.15. The largest absolute Gasteiger partial charge is 0.374 e. The van der Waals surface area contributed by atoms with Crippen molar-refractivity contribution >= 4 is 11.6 Å². The predicted molar refractivity (Wildman–Crippen MR) is 104 cm³/mol. The molecular formula is C23H20N2O. The molecule has 0 unspecified atom stereocenters. The summed E-state index contributed by atoms with van der Waals surface area (Å²) in [5, 5.41) is 6.67. The van der Waals surface area contributed by atoms with Crippen molar-refractivity contribution in [2.45, 2.75) is 24.9 Å². The molecule has 0 atom stereocenters. The summed E-state index contributed by atoms with van der Waals surface area (Å²) in [6.45, 7) is 0. The lowest BCUT2D eigenvalue weighted by Crippen LogP contribution is -2.25. The summed E-state index contributed by atoms with van der Waals surface area (Å²) in [4.78, 5) is 12.1. The fourth-order valence-corrected chi connectivity index (χ4v) is 3.69. The number of carbonyl (C=O) groups is 1. The number of anilines is 1. The minimum absolute atomic E-state index is 0.0237. The van der Waals surface area contributed by atoms with E-state index in [2.05, 4.69) is 59.2 Å². The van der Waals surface area contributed by atoms with Crippen LogP contribution < -0.4 is 10.6 Å². The van der Waals surface area contributed by atoms with Crippen molar-refractivity contribution in [2.75, 3.05) is 5.32 Å². The van der Waals surface area contributed by atoms with Gasteiger partial charge in [0.05, 0.1) is 6.04 Å². The van der Waals surface area contributed by atoms with Crippen LogP contribution in [0.2, 0.25) is 0 Å². The SMILES string of the molecule is O=C(NC1CC1)c1ccc(NC2c3ccccc3-c3ccccc32)cc1. The molecule has 26 heavy (non-hydrogen) atoms. The molecule has 3 aromatic carbocycles. The maximum atomic E-state index is 12.1. The summed E-state index contributed by atoms with van der Waals surface area (Å²) in [6, 6.07) is 25.4. The molecule has 2 N–H and O–H groups in total. The normalized spacial score (nSPS) is 15.2.